The van der Waals surface area contributed by atoms with E-state index >= 15 is 0 Å². The van der Waals surface area contributed by atoms with E-state index < -0.39 is 0 Å². The summed E-state index contributed by atoms with van der Waals surface area (Å²) in [5.74, 6) is 0.449. The van der Waals surface area contributed by atoms with Crippen LogP contribution in [0.15, 0.2) is 59.1 Å². The van der Waals surface area contributed by atoms with Gasteiger partial charge in [-0.1, -0.05) is 35.0 Å². The van der Waals surface area contributed by atoms with Gasteiger partial charge in [0.2, 0.25) is 0 Å². The van der Waals surface area contributed by atoms with Crippen molar-refractivity contribution in [1.82, 2.24) is 5.16 Å². The lowest BCUT2D eigenvalue weighted by molar-refractivity contribution is 0.435. The van der Waals surface area contributed by atoms with Crippen LogP contribution >= 0.6 is 0 Å². The molecule has 0 N–H and O–H groups in total. The van der Waals surface area contributed by atoms with Crippen molar-refractivity contribution in [2.24, 2.45) is 0 Å². The Balaban J connectivity index is 1.95. The molecule has 1 aromatic heterocycles. The highest BCUT2D eigenvalue weighted by Gasteiger charge is 2.08. The van der Waals surface area contributed by atoms with Crippen LogP contribution in [0.1, 0.15) is 5.56 Å². The van der Waals surface area contributed by atoms with Crippen LogP contribution in [-0.4, -0.2) is 5.16 Å². The number of halogens is 1. The lowest BCUT2D eigenvalue weighted by Gasteiger charge is -1.95. The molecule has 3 heteroatoms. The van der Waals surface area contributed by atoms with Crippen LogP contribution in [0, 0.1) is 12.7 Å². The number of aryl methyl sites for hydroxylation is 1. The van der Waals surface area contributed by atoms with E-state index in [1.807, 2.05) is 37.3 Å². The number of hydrogen-bond acceptors (Lipinski definition) is 2. The van der Waals surface area contributed by atoms with Gasteiger partial charge in [0, 0.05) is 17.2 Å². The molecule has 3 rings (SSSR count). The summed E-state index contributed by atoms with van der Waals surface area (Å²) in [5.41, 5.74) is 3.72. The fraction of sp³-hybridized carbons (Fsp3) is 0.0625. The minimum absolute atomic E-state index is 0.258. The first-order chi connectivity index (χ1) is 9.22. The van der Waals surface area contributed by atoms with Crippen molar-refractivity contribution in [3.8, 4) is 22.6 Å². The van der Waals surface area contributed by atoms with Crippen LogP contribution in [0.4, 0.5) is 4.39 Å². The van der Waals surface area contributed by atoms with Crippen molar-refractivity contribution in [3.63, 3.8) is 0 Å². The van der Waals surface area contributed by atoms with Crippen LogP contribution in [0.5, 0.6) is 0 Å². The molecule has 0 aliphatic carbocycles. The third-order valence-corrected chi connectivity index (χ3v) is 2.99. The number of hydrogen-bond donors (Lipinski definition) is 0. The Hall–Kier alpha value is -2.42. The summed E-state index contributed by atoms with van der Waals surface area (Å²) in [6, 6.07) is 16.1. The molecule has 0 fully saturated rings. The molecule has 0 amide bonds. The topological polar surface area (TPSA) is 26.0 Å². The highest BCUT2D eigenvalue weighted by Crippen LogP contribution is 2.26. The summed E-state index contributed by atoms with van der Waals surface area (Å²) in [6.45, 7) is 2.04. The zero-order valence-electron chi connectivity index (χ0n) is 10.4. The standard InChI is InChI=1S/C16H12FNO/c1-11-2-4-13(5-3-11)16-10-15(18-19-16)12-6-8-14(17)9-7-12/h2-10H,1H3. The molecule has 0 aliphatic rings. The Morgan fingerprint density at radius 1 is 0.895 bits per heavy atom. The van der Waals surface area contributed by atoms with E-state index in [0.717, 1.165) is 11.1 Å². The first kappa shape index (κ1) is 11.7. The quantitative estimate of drug-likeness (QED) is 0.674. The molecule has 94 valence electrons. The van der Waals surface area contributed by atoms with E-state index in [0.29, 0.717) is 11.5 Å². The van der Waals surface area contributed by atoms with E-state index in [1.54, 1.807) is 12.1 Å². The Morgan fingerprint density at radius 3 is 2.21 bits per heavy atom. The molecule has 0 atom stereocenters. The normalized spacial score (nSPS) is 10.6. The van der Waals surface area contributed by atoms with E-state index in [-0.39, 0.29) is 5.82 Å². The van der Waals surface area contributed by atoms with Gasteiger partial charge in [0.15, 0.2) is 5.76 Å². The molecule has 0 bridgehead atoms. The van der Waals surface area contributed by atoms with Crippen molar-refractivity contribution in [3.05, 3.63) is 66.0 Å². The summed E-state index contributed by atoms with van der Waals surface area (Å²) in [7, 11) is 0. The number of aromatic nitrogens is 1. The van der Waals surface area contributed by atoms with Gasteiger partial charge < -0.3 is 4.52 Å². The highest BCUT2D eigenvalue weighted by molar-refractivity contribution is 5.66. The summed E-state index contributed by atoms with van der Waals surface area (Å²) in [6.07, 6.45) is 0. The molecule has 0 saturated heterocycles. The van der Waals surface area contributed by atoms with E-state index in [2.05, 4.69) is 5.16 Å². The van der Waals surface area contributed by atoms with Gasteiger partial charge in [-0.25, -0.2) is 4.39 Å². The Kier molecular flexibility index (Phi) is 2.88. The number of benzene rings is 2. The maximum atomic E-state index is 12.9. The monoisotopic (exact) mass is 253 g/mol. The van der Waals surface area contributed by atoms with Crippen molar-refractivity contribution in [2.75, 3.05) is 0 Å². The molecule has 0 aliphatic heterocycles. The van der Waals surface area contributed by atoms with E-state index in [9.17, 15) is 4.39 Å². The second-order valence-corrected chi connectivity index (χ2v) is 4.45. The predicted molar refractivity (Wildman–Crippen MR) is 72.1 cm³/mol. The van der Waals surface area contributed by atoms with Crippen molar-refractivity contribution < 1.29 is 8.91 Å². The molecule has 1 heterocycles. The summed E-state index contributed by atoms with van der Waals surface area (Å²) in [5, 5.41) is 4.02. The molecule has 0 unspecified atom stereocenters. The van der Waals surface area contributed by atoms with Crippen molar-refractivity contribution in [1.29, 1.82) is 0 Å². The van der Waals surface area contributed by atoms with Crippen molar-refractivity contribution >= 4 is 0 Å². The highest BCUT2D eigenvalue weighted by atomic mass is 19.1. The van der Waals surface area contributed by atoms with E-state index in [1.165, 1.54) is 17.7 Å². The van der Waals surface area contributed by atoms with Crippen LogP contribution in [0.25, 0.3) is 22.6 Å². The molecule has 0 spiro atoms. The SMILES string of the molecule is Cc1ccc(-c2cc(-c3ccc(F)cc3)no2)cc1. The molecular formula is C16H12FNO. The molecule has 2 nitrogen and oxygen atoms in total. The van der Waals surface area contributed by atoms with Gasteiger partial charge in [0.25, 0.3) is 0 Å². The second-order valence-electron chi connectivity index (χ2n) is 4.45. The summed E-state index contributed by atoms with van der Waals surface area (Å²) >= 11 is 0. The van der Waals surface area contributed by atoms with Crippen LogP contribution < -0.4 is 0 Å². The zero-order chi connectivity index (χ0) is 13.2. The summed E-state index contributed by atoms with van der Waals surface area (Å²) in [4.78, 5) is 0. The number of nitrogens with zero attached hydrogens (tertiary/aromatic N) is 1. The van der Waals surface area contributed by atoms with Gasteiger partial charge in [0.05, 0.1) is 0 Å². The van der Waals surface area contributed by atoms with Crippen LogP contribution in [-0.2, 0) is 0 Å². The van der Waals surface area contributed by atoms with Gasteiger partial charge in [-0.2, -0.15) is 0 Å². The predicted octanol–water partition coefficient (Wildman–Crippen LogP) is 4.46. The Labute approximate surface area is 110 Å². The minimum atomic E-state index is -0.258. The third kappa shape index (κ3) is 2.40. The van der Waals surface area contributed by atoms with Gasteiger partial charge in [-0.3, -0.25) is 0 Å². The first-order valence-electron chi connectivity index (χ1n) is 6.02. The van der Waals surface area contributed by atoms with Gasteiger partial charge in [-0.05, 0) is 31.2 Å². The molecule has 19 heavy (non-hydrogen) atoms. The average molecular weight is 253 g/mol. The third-order valence-electron chi connectivity index (χ3n) is 2.99. The fourth-order valence-corrected chi connectivity index (χ4v) is 1.89. The van der Waals surface area contributed by atoms with Crippen molar-refractivity contribution in [2.45, 2.75) is 6.92 Å². The average Bonchev–Trinajstić information content (AvgIpc) is 2.90. The van der Waals surface area contributed by atoms with Gasteiger partial charge in [-0.15, -0.1) is 0 Å². The lowest BCUT2D eigenvalue weighted by Crippen LogP contribution is -1.77. The smallest absolute Gasteiger partial charge is 0.167 e. The van der Waals surface area contributed by atoms with Gasteiger partial charge in [0.1, 0.15) is 11.5 Å². The maximum Gasteiger partial charge on any atom is 0.167 e. The first-order valence-corrected chi connectivity index (χ1v) is 6.02. The molecule has 0 radical (unpaired) electrons. The van der Waals surface area contributed by atoms with Gasteiger partial charge >= 0.3 is 0 Å². The van der Waals surface area contributed by atoms with E-state index in [4.69, 9.17) is 4.52 Å². The Morgan fingerprint density at radius 2 is 1.53 bits per heavy atom. The molecule has 3 aromatic rings. The number of rotatable bonds is 2. The molecule has 2 aromatic carbocycles. The fourth-order valence-electron chi connectivity index (χ4n) is 1.89. The van der Waals surface area contributed by atoms with Crippen LogP contribution in [0.2, 0.25) is 0 Å². The molecular weight excluding hydrogens is 241 g/mol. The lowest BCUT2D eigenvalue weighted by atomic mass is 10.1. The van der Waals surface area contributed by atoms with Crippen LogP contribution in [0.3, 0.4) is 0 Å². The zero-order valence-corrected chi connectivity index (χ0v) is 10.4. The largest absolute Gasteiger partial charge is 0.356 e. The summed E-state index contributed by atoms with van der Waals surface area (Å²) < 4.78 is 18.2. The second kappa shape index (κ2) is 4.69. The maximum absolute atomic E-state index is 12.9. The minimum Gasteiger partial charge on any atom is -0.356 e. The Bertz CT molecular complexity index is 624. The molecule has 0 saturated carbocycles.